The Morgan fingerprint density at radius 2 is 2.00 bits per heavy atom. The van der Waals surface area contributed by atoms with Crippen LogP contribution in [0.25, 0.3) is 0 Å². The Morgan fingerprint density at radius 1 is 1.11 bits per heavy atom. The van der Waals surface area contributed by atoms with Gasteiger partial charge in [0.25, 0.3) is 0 Å². The second-order valence-corrected chi connectivity index (χ2v) is 4.02. The minimum Gasteiger partial charge on any atom is -0.311 e. The summed E-state index contributed by atoms with van der Waals surface area (Å²) in [4.78, 5) is 0. The molecule has 1 heterocycles. The number of rotatable bonds is 0. The third kappa shape index (κ3) is 0.420. The summed E-state index contributed by atoms with van der Waals surface area (Å²) in [6.45, 7) is 2.35. The average molecular weight is 123 g/mol. The fourth-order valence-corrected chi connectivity index (χ4v) is 3.06. The summed E-state index contributed by atoms with van der Waals surface area (Å²) < 4.78 is 0. The van der Waals surface area contributed by atoms with Crippen LogP contribution in [0.4, 0.5) is 0 Å². The topological polar surface area (TPSA) is 12.0 Å². The predicted molar refractivity (Wildman–Crippen MR) is 36.1 cm³/mol. The zero-order chi connectivity index (χ0) is 6.01. The highest BCUT2D eigenvalue weighted by molar-refractivity contribution is 5.13. The molecule has 3 rings (SSSR count). The Morgan fingerprint density at radius 3 is 2.56 bits per heavy atom. The highest BCUT2D eigenvalue weighted by Gasteiger charge is 2.59. The molecule has 0 aromatic carbocycles. The lowest BCUT2D eigenvalue weighted by atomic mass is 9.99. The van der Waals surface area contributed by atoms with Crippen molar-refractivity contribution in [3.05, 3.63) is 0 Å². The van der Waals surface area contributed by atoms with Crippen LogP contribution in [0.5, 0.6) is 0 Å². The van der Waals surface area contributed by atoms with E-state index >= 15 is 0 Å². The number of hydrogen-bond donors (Lipinski definition) is 1. The van der Waals surface area contributed by atoms with Crippen molar-refractivity contribution in [1.82, 2.24) is 5.32 Å². The lowest BCUT2D eigenvalue weighted by Gasteiger charge is -2.17. The Kier molecular flexibility index (Phi) is 0.628. The van der Waals surface area contributed by atoms with Gasteiger partial charge in [-0.25, -0.2) is 0 Å². The van der Waals surface area contributed by atoms with Crippen LogP contribution in [0.2, 0.25) is 0 Å². The van der Waals surface area contributed by atoms with Crippen LogP contribution in [0.3, 0.4) is 0 Å². The molecule has 5 unspecified atom stereocenters. The second-order valence-electron chi connectivity index (χ2n) is 4.02. The average Bonchev–Trinajstić information content (AvgIpc) is 2.46. The summed E-state index contributed by atoms with van der Waals surface area (Å²) in [6.07, 6.45) is 3.04. The van der Waals surface area contributed by atoms with Gasteiger partial charge in [-0.1, -0.05) is 0 Å². The molecule has 1 aliphatic heterocycles. The van der Waals surface area contributed by atoms with Gasteiger partial charge in [0.05, 0.1) is 0 Å². The summed E-state index contributed by atoms with van der Waals surface area (Å²) in [7, 11) is 0. The van der Waals surface area contributed by atoms with Crippen LogP contribution in [0.1, 0.15) is 19.8 Å². The number of piperidine rings is 1. The molecule has 0 amide bonds. The highest BCUT2D eigenvalue weighted by Crippen LogP contribution is 2.59. The van der Waals surface area contributed by atoms with Gasteiger partial charge < -0.3 is 5.32 Å². The van der Waals surface area contributed by atoms with Gasteiger partial charge in [-0.3, -0.25) is 0 Å². The molecular weight excluding hydrogens is 110 g/mol. The van der Waals surface area contributed by atoms with E-state index in [2.05, 4.69) is 12.2 Å². The Balaban J connectivity index is 1.96. The van der Waals surface area contributed by atoms with Crippen molar-refractivity contribution in [2.45, 2.75) is 31.8 Å². The van der Waals surface area contributed by atoms with Crippen molar-refractivity contribution < 1.29 is 0 Å². The SMILES string of the molecule is CC1NC2CC1C1CC21. The zero-order valence-electron chi connectivity index (χ0n) is 5.80. The molecule has 2 saturated carbocycles. The summed E-state index contributed by atoms with van der Waals surface area (Å²) in [5.74, 6) is 3.34. The maximum absolute atomic E-state index is 3.64. The number of hydrogen-bond acceptors (Lipinski definition) is 1. The normalized spacial score (nSPS) is 68.3. The van der Waals surface area contributed by atoms with Gasteiger partial charge in [-0.2, -0.15) is 0 Å². The summed E-state index contributed by atoms with van der Waals surface area (Å²) >= 11 is 0. The fraction of sp³-hybridized carbons (Fsp3) is 1.00. The van der Waals surface area contributed by atoms with Gasteiger partial charge in [0.1, 0.15) is 0 Å². The minimum absolute atomic E-state index is 0.846. The van der Waals surface area contributed by atoms with E-state index in [9.17, 15) is 0 Å². The van der Waals surface area contributed by atoms with Gasteiger partial charge in [-0.05, 0) is 37.5 Å². The van der Waals surface area contributed by atoms with Crippen LogP contribution < -0.4 is 5.32 Å². The van der Waals surface area contributed by atoms with E-state index in [1.165, 1.54) is 6.42 Å². The smallest absolute Gasteiger partial charge is 0.0104 e. The standard InChI is InChI=1S/C8H13N/c1-4-5-3-8(9-4)7-2-6(5)7/h4-9H,2-3H2,1H3. The first-order valence-corrected chi connectivity index (χ1v) is 4.12. The highest BCUT2D eigenvalue weighted by atomic mass is 15.1. The second kappa shape index (κ2) is 1.20. The summed E-state index contributed by atoms with van der Waals surface area (Å²) in [5.41, 5.74) is 0. The van der Waals surface area contributed by atoms with E-state index in [0.717, 1.165) is 29.8 Å². The van der Waals surface area contributed by atoms with E-state index in [-0.39, 0.29) is 0 Å². The van der Waals surface area contributed by atoms with Crippen LogP contribution >= 0.6 is 0 Å². The molecule has 0 aromatic rings. The van der Waals surface area contributed by atoms with E-state index in [0.29, 0.717) is 0 Å². The molecule has 3 fully saturated rings. The number of fused-ring (bicyclic) bond motifs is 5. The lowest BCUT2D eigenvalue weighted by Crippen LogP contribution is -2.34. The maximum Gasteiger partial charge on any atom is 0.0104 e. The molecule has 5 atom stereocenters. The Bertz CT molecular complexity index is 151. The lowest BCUT2D eigenvalue weighted by molar-refractivity contribution is 0.386. The molecule has 1 heteroatoms. The monoisotopic (exact) mass is 123 g/mol. The van der Waals surface area contributed by atoms with E-state index in [1.807, 2.05) is 0 Å². The van der Waals surface area contributed by atoms with Crippen molar-refractivity contribution in [3.8, 4) is 0 Å². The van der Waals surface area contributed by atoms with Crippen molar-refractivity contribution in [3.63, 3.8) is 0 Å². The van der Waals surface area contributed by atoms with Crippen molar-refractivity contribution in [1.29, 1.82) is 0 Å². The van der Waals surface area contributed by atoms with Gasteiger partial charge in [0.2, 0.25) is 0 Å². The first kappa shape index (κ1) is 4.73. The van der Waals surface area contributed by atoms with Gasteiger partial charge >= 0.3 is 0 Å². The summed E-state index contributed by atoms with van der Waals surface area (Å²) in [6, 6.07) is 1.79. The molecular formula is C8H13N. The summed E-state index contributed by atoms with van der Waals surface area (Å²) in [5, 5.41) is 3.64. The predicted octanol–water partition coefficient (Wildman–Crippen LogP) is 1.00. The first-order chi connectivity index (χ1) is 4.36. The molecule has 0 spiro atoms. The molecule has 50 valence electrons. The Hall–Kier alpha value is -0.0400. The fourth-order valence-electron chi connectivity index (χ4n) is 3.06. The van der Waals surface area contributed by atoms with Gasteiger partial charge in [0, 0.05) is 12.1 Å². The van der Waals surface area contributed by atoms with Crippen molar-refractivity contribution >= 4 is 0 Å². The van der Waals surface area contributed by atoms with Crippen LogP contribution in [-0.4, -0.2) is 12.1 Å². The number of nitrogens with one attached hydrogen (secondary N) is 1. The molecule has 3 aliphatic rings. The molecule has 0 radical (unpaired) electrons. The van der Waals surface area contributed by atoms with Crippen LogP contribution in [0.15, 0.2) is 0 Å². The quantitative estimate of drug-likeness (QED) is 0.506. The molecule has 9 heavy (non-hydrogen) atoms. The Labute approximate surface area is 55.8 Å². The third-order valence-electron chi connectivity index (χ3n) is 3.60. The molecule has 2 aliphatic carbocycles. The van der Waals surface area contributed by atoms with Crippen molar-refractivity contribution in [2.24, 2.45) is 17.8 Å². The molecule has 1 N–H and O–H groups in total. The van der Waals surface area contributed by atoms with Gasteiger partial charge in [-0.15, -0.1) is 0 Å². The van der Waals surface area contributed by atoms with E-state index in [4.69, 9.17) is 0 Å². The molecule has 0 aromatic heterocycles. The van der Waals surface area contributed by atoms with Gasteiger partial charge in [0.15, 0.2) is 0 Å². The maximum atomic E-state index is 3.64. The molecule has 1 nitrogen and oxygen atoms in total. The van der Waals surface area contributed by atoms with E-state index in [1.54, 1.807) is 6.42 Å². The van der Waals surface area contributed by atoms with Crippen LogP contribution in [0, 0.1) is 17.8 Å². The largest absolute Gasteiger partial charge is 0.311 e. The van der Waals surface area contributed by atoms with E-state index < -0.39 is 0 Å². The minimum atomic E-state index is 0.846. The zero-order valence-corrected chi connectivity index (χ0v) is 5.80. The molecule has 1 saturated heterocycles. The third-order valence-corrected chi connectivity index (χ3v) is 3.60. The van der Waals surface area contributed by atoms with Crippen molar-refractivity contribution in [2.75, 3.05) is 0 Å². The van der Waals surface area contributed by atoms with Crippen LogP contribution in [-0.2, 0) is 0 Å². The molecule has 2 bridgehead atoms. The first-order valence-electron chi connectivity index (χ1n) is 4.12.